The van der Waals surface area contributed by atoms with Gasteiger partial charge in [0.1, 0.15) is 5.82 Å². The van der Waals surface area contributed by atoms with Gasteiger partial charge in [-0.2, -0.15) is 0 Å². The Bertz CT molecular complexity index is 512. The van der Waals surface area contributed by atoms with E-state index in [-0.39, 0.29) is 29.7 Å². The largest absolute Gasteiger partial charge is 0.396 e. The summed E-state index contributed by atoms with van der Waals surface area (Å²) >= 11 is 0. The van der Waals surface area contributed by atoms with Crippen LogP contribution in [-0.4, -0.2) is 48.7 Å². The predicted octanol–water partition coefficient (Wildman–Crippen LogP) is 1.26. The first-order valence-corrected chi connectivity index (χ1v) is 7.51. The normalized spacial score (nSPS) is 24.5. The van der Waals surface area contributed by atoms with E-state index in [1.807, 2.05) is 4.90 Å². The number of aliphatic hydroxyl groups is 1. The minimum Gasteiger partial charge on any atom is -0.396 e. The summed E-state index contributed by atoms with van der Waals surface area (Å²) in [5.74, 6) is -0.260. The molecule has 2 saturated heterocycles. The third-order valence-corrected chi connectivity index (χ3v) is 5.01. The van der Waals surface area contributed by atoms with Crippen molar-refractivity contribution in [3.63, 3.8) is 0 Å². The van der Waals surface area contributed by atoms with Crippen molar-refractivity contribution < 1.29 is 14.3 Å². The summed E-state index contributed by atoms with van der Waals surface area (Å²) in [7, 11) is 0. The van der Waals surface area contributed by atoms with Gasteiger partial charge in [0.15, 0.2) is 0 Å². The SMILES string of the molecule is O=C(c1ccc(F)cc1)N1CC(CO)C2(CCNCC2)C1. The summed E-state index contributed by atoms with van der Waals surface area (Å²) in [5, 5.41) is 13.0. The molecule has 2 heterocycles. The molecule has 21 heavy (non-hydrogen) atoms. The van der Waals surface area contributed by atoms with Crippen molar-refractivity contribution in [1.82, 2.24) is 10.2 Å². The van der Waals surface area contributed by atoms with Crippen molar-refractivity contribution in [2.45, 2.75) is 12.8 Å². The molecule has 1 unspecified atom stereocenters. The molecule has 0 aromatic heterocycles. The number of carbonyl (C=O) groups excluding carboxylic acids is 1. The Morgan fingerprint density at radius 3 is 2.62 bits per heavy atom. The maximum absolute atomic E-state index is 13.0. The van der Waals surface area contributed by atoms with Crippen LogP contribution in [0.5, 0.6) is 0 Å². The Balaban J connectivity index is 1.77. The van der Waals surface area contributed by atoms with E-state index in [4.69, 9.17) is 0 Å². The lowest BCUT2D eigenvalue weighted by Crippen LogP contribution is -2.43. The van der Waals surface area contributed by atoms with Crippen molar-refractivity contribution in [3.8, 4) is 0 Å². The lowest BCUT2D eigenvalue weighted by atomic mass is 9.71. The number of likely N-dealkylation sites (tertiary alicyclic amines) is 1. The van der Waals surface area contributed by atoms with Crippen LogP contribution >= 0.6 is 0 Å². The van der Waals surface area contributed by atoms with Gasteiger partial charge in [-0.3, -0.25) is 4.79 Å². The molecule has 1 aromatic carbocycles. The molecule has 2 aliphatic heterocycles. The number of nitrogens with one attached hydrogen (secondary N) is 1. The van der Waals surface area contributed by atoms with Crippen molar-refractivity contribution in [2.75, 3.05) is 32.8 Å². The fraction of sp³-hybridized carbons (Fsp3) is 0.562. The second-order valence-electron chi connectivity index (χ2n) is 6.18. The van der Waals surface area contributed by atoms with Crippen LogP contribution in [0.3, 0.4) is 0 Å². The van der Waals surface area contributed by atoms with Gasteiger partial charge < -0.3 is 15.3 Å². The Kier molecular flexibility index (Phi) is 3.95. The van der Waals surface area contributed by atoms with Gasteiger partial charge in [0.25, 0.3) is 5.91 Å². The topological polar surface area (TPSA) is 52.6 Å². The standard InChI is InChI=1S/C16H21FN2O2/c17-14-3-1-12(2-4-14)15(21)19-9-13(10-20)16(11-19)5-7-18-8-6-16/h1-4,13,18,20H,5-11H2. The molecule has 4 nitrogen and oxygen atoms in total. The van der Waals surface area contributed by atoms with Crippen LogP contribution in [0.2, 0.25) is 0 Å². The molecule has 0 aliphatic carbocycles. The minimum absolute atomic E-state index is 0.0374. The van der Waals surface area contributed by atoms with Gasteiger partial charge in [0, 0.05) is 31.2 Å². The fourth-order valence-electron chi connectivity index (χ4n) is 3.71. The molecule has 1 amide bonds. The van der Waals surface area contributed by atoms with Gasteiger partial charge >= 0.3 is 0 Å². The zero-order valence-electron chi connectivity index (χ0n) is 12.0. The molecular weight excluding hydrogens is 271 g/mol. The second-order valence-corrected chi connectivity index (χ2v) is 6.18. The minimum atomic E-state index is -0.337. The van der Waals surface area contributed by atoms with Crippen LogP contribution in [0.25, 0.3) is 0 Å². The lowest BCUT2D eigenvalue weighted by molar-refractivity contribution is 0.0756. The Labute approximate surface area is 124 Å². The molecule has 1 atom stereocenters. The van der Waals surface area contributed by atoms with Crippen molar-refractivity contribution >= 4 is 5.91 Å². The highest BCUT2D eigenvalue weighted by atomic mass is 19.1. The third kappa shape index (κ3) is 2.68. The quantitative estimate of drug-likeness (QED) is 0.863. The summed E-state index contributed by atoms with van der Waals surface area (Å²) in [4.78, 5) is 14.4. The average Bonchev–Trinajstić information content (AvgIpc) is 2.86. The first kappa shape index (κ1) is 14.5. The van der Waals surface area contributed by atoms with Crippen molar-refractivity contribution in [3.05, 3.63) is 35.6 Å². The van der Waals surface area contributed by atoms with Crippen LogP contribution in [0.1, 0.15) is 23.2 Å². The number of hydrogen-bond donors (Lipinski definition) is 2. The molecule has 2 aliphatic rings. The average molecular weight is 292 g/mol. The van der Waals surface area contributed by atoms with Crippen LogP contribution in [-0.2, 0) is 0 Å². The van der Waals surface area contributed by atoms with E-state index < -0.39 is 0 Å². The number of carbonyl (C=O) groups is 1. The number of piperidine rings is 1. The van der Waals surface area contributed by atoms with E-state index >= 15 is 0 Å². The number of aliphatic hydroxyl groups excluding tert-OH is 1. The van der Waals surface area contributed by atoms with Gasteiger partial charge in [-0.1, -0.05) is 0 Å². The van der Waals surface area contributed by atoms with E-state index in [0.717, 1.165) is 25.9 Å². The Hall–Kier alpha value is -1.46. The third-order valence-electron chi connectivity index (χ3n) is 5.01. The van der Waals surface area contributed by atoms with E-state index in [2.05, 4.69) is 5.32 Å². The molecule has 2 fully saturated rings. The lowest BCUT2D eigenvalue weighted by Gasteiger charge is -2.37. The first-order chi connectivity index (χ1) is 10.1. The summed E-state index contributed by atoms with van der Waals surface area (Å²) in [5.41, 5.74) is 0.550. The highest BCUT2D eigenvalue weighted by molar-refractivity contribution is 5.94. The van der Waals surface area contributed by atoms with Gasteiger partial charge in [0.05, 0.1) is 0 Å². The van der Waals surface area contributed by atoms with Crippen molar-refractivity contribution in [2.24, 2.45) is 11.3 Å². The molecule has 0 radical (unpaired) electrons. The highest BCUT2D eigenvalue weighted by Gasteiger charge is 2.47. The molecule has 2 N–H and O–H groups in total. The summed E-state index contributed by atoms with van der Waals surface area (Å²) in [6.07, 6.45) is 1.98. The number of nitrogens with zero attached hydrogens (tertiary/aromatic N) is 1. The molecule has 114 valence electrons. The van der Waals surface area contributed by atoms with Crippen LogP contribution in [0.4, 0.5) is 4.39 Å². The van der Waals surface area contributed by atoms with E-state index in [9.17, 15) is 14.3 Å². The van der Waals surface area contributed by atoms with Gasteiger partial charge in [-0.15, -0.1) is 0 Å². The summed E-state index contributed by atoms with van der Waals surface area (Å²) < 4.78 is 13.0. The van der Waals surface area contributed by atoms with E-state index in [0.29, 0.717) is 18.7 Å². The Morgan fingerprint density at radius 1 is 1.33 bits per heavy atom. The molecule has 0 bridgehead atoms. The molecule has 5 heteroatoms. The molecule has 1 aromatic rings. The van der Waals surface area contributed by atoms with E-state index in [1.165, 1.54) is 24.3 Å². The fourth-order valence-corrected chi connectivity index (χ4v) is 3.71. The Morgan fingerprint density at radius 2 is 2.00 bits per heavy atom. The highest BCUT2D eigenvalue weighted by Crippen LogP contribution is 2.43. The van der Waals surface area contributed by atoms with Gasteiger partial charge in [-0.05, 0) is 55.6 Å². The predicted molar refractivity (Wildman–Crippen MR) is 77.4 cm³/mol. The molecule has 0 saturated carbocycles. The van der Waals surface area contributed by atoms with Crippen LogP contribution in [0, 0.1) is 17.2 Å². The number of rotatable bonds is 2. The molecular formula is C16H21FN2O2. The number of hydrogen-bond acceptors (Lipinski definition) is 3. The summed E-state index contributed by atoms with van der Waals surface area (Å²) in [6.45, 7) is 3.28. The first-order valence-electron chi connectivity index (χ1n) is 7.51. The maximum Gasteiger partial charge on any atom is 0.253 e. The molecule has 3 rings (SSSR count). The zero-order chi connectivity index (χ0) is 14.9. The number of amides is 1. The molecule has 1 spiro atoms. The van der Waals surface area contributed by atoms with Crippen LogP contribution < -0.4 is 5.32 Å². The number of benzene rings is 1. The van der Waals surface area contributed by atoms with Gasteiger partial charge in [0.2, 0.25) is 0 Å². The van der Waals surface area contributed by atoms with Crippen molar-refractivity contribution in [1.29, 1.82) is 0 Å². The zero-order valence-corrected chi connectivity index (χ0v) is 12.0. The smallest absolute Gasteiger partial charge is 0.253 e. The second kappa shape index (κ2) is 5.73. The number of halogens is 1. The monoisotopic (exact) mass is 292 g/mol. The maximum atomic E-state index is 13.0. The van der Waals surface area contributed by atoms with Gasteiger partial charge in [-0.25, -0.2) is 4.39 Å². The van der Waals surface area contributed by atoms with Crippen LogP contribution in [0.15, 0.2) is 24.3 Å². The van der Waals surface area contributed by atoms with E-state index in [1.54, 1.807) is 0 Å². The summed E-state index contributed by atoms with van der Waals surface area (Å²) in [6, 6.07) is 5.68.